The Kier molecular flexibility index (Phi) is 8.81. The van der Waals surface area contributed by atoms with Crippen molar-refractivity contribution in [2.45, 2.75) is 19.4 Å². The first-order valence-corrected chi connectivity index (χ1v) is 12.7. The van der Waals surface area contributed by atoms with Crippen LogP contribution < -0.4 is 15.6 Å². The highest BCUT2D eigenvalue weighted by molar-refractivity contribution is 6.31. The Balaban J connectivity index is 1.77. The minimum Gasteiger partial charge on any atom is -0.495 e. The number of benzene rings is 3. The SMILES string of the molecule is COC(=O)c1ccc(NC(=O)C(Cc2ccccc2)n2cc(OC)c(-c3cc(Cl)ccc3C(C)=O)cc2=O)cc1. The van der Waals surface area contributed by atoms with Gasteiger partial charge < -0.3 is 14.8 Å². The number of rotatable bonds is 9. The zero-order chi connectivity index (χ0) is 28.8. The van der Waals surface area contributed by atoms with E-state index < -0.39 is 23.5 Å². The number of halogens is 1. The summed E-state index contributed by atoms with van der Waals surface area (Å²) in [6.07, 6.45) is 1.68. The lowest BCUT2D eigenvalue weighted by Gasteiger charge is -2.22. The number of pyridine rings is 1. The van der Waals surface area contributed by atoms with Crippen LogP contribution in [0.15, 0.2) is 89.9 Å². The van der Waals surface area contributed by atoms with Gasteiger partial charge in [-0.2, -0.15) is 0 Å². The van der Waals surface area contributed by atoms with E-state index in [2.05, 4.69) is 5.32 Å². The van der Waals surface area contributed by atoms with E-state index in [9.17, 15) is 19.2 Å². The molecule has 1 amide bonds. The summed E-state index contributed by atoms with van der Waals surface area (Å²) in [6.45, 7) is 1.43. The van der Waals surface area contributed by atoms with Crippen LogP contribution in [0.2, 0.25) is 5.02 Å². The monoisotopic (exact) mass is 558 g/mol. The van der Waals surface area contributed by atoms with Gasteiger partial charge in [0, 0.05) is 34.3 Å². The quantitative estimate of drug-likeness (QED) is 0.212. The number of ketones is 1. The van der Waals surface area contributed by atoms with Crippen LogP contribution in [0.3, 0.4) is 0 Å². The van der Waals surface area contributed by atoms with Crippen molar-refractivity contribution in [2.75, 3.05) is 19.5 Å². The number of Topliss-reactive ketones (excluding diaryl/α,β-unsaturated/α-hetero) is 1. The van der Waals surface area contributed by atoms with E-state index in [1.165, 1.54) is 50.1 Å². The average Bonchev–Trinajstić information content (AvgIpc) is 2.96. The molecule has 9 heteroatoms. The van der Waals surface area contributed by atoms with Crippen LogP contribution in [0.4, 0.5) is 5.69 Å². The summed E-state index contributed by atoms with van der Waals surface area (Å²) in [6, 6.07) is 20.7. The number of anilines is 1. The average molecular weight is 559 g/mol. The van der Waals surface area contributed by atoms with Crippen molar-refractivity contribution in [3.63, 3.8) is 0 Å². The maximum Gasteiger partial charge on any atom is 0.337 e. The molecule has 204 valence electrons. The van der Waals surface area contributed by atoms with Crippen LogP contribution in [-0.4, -0.2) is 36.4 Å². The highest BCUT2D eigenvalue weighted by Gasteiger charge is 2.25. The Morgan fingerprint density at radius 1 is 0.925 bits per heavy atom. The van der Waals surface area contributed by atoms with Crippen LogP contribution in [0, 0.1) is 0 Å². The van der Waals surface area contributed by atoms with Gasteiger partial charge in [-0.25, -0.2) is 4.79 Å². The summed E-state index contributed by atoms with van der Waals surface area (Å²) in [5, 5.41) is 3.23. The zero-order valence-electron chi connectivity index (χ0n) is 22.1. The van der Waals surface area contributed by atoms with Crippen molar-refractivity contribution in [1.29, 1.82) is 0 Å². The molecule has 4 aromatic rings. The van der Waals surface area contributed by atoms with Crippen molar-refractivity contribution < 1.29 is 23.9 Å². The lowest BCUT2D eigenvalue weighted by atomic mass is 9.97. The highest BCUT2D eigenvalue weighted by Crippen LogP contribution is 2.34. The summed E-state index contributed by atoms with van der Waals surface area (Å²) in [7, 11) is 2.73. The number of esters is 1. The number of nitrogens with one attached hydrogen (secondary N) is 1. The summed E-state index contributed by atoms with van der Waals surface area (Å²) in [5.41, 5.74) is 2.37. The summed E-state index contributed by atoms with van der Waals surface area (Å²) < 4.78 is 11.7. The fourth-order valence-electron chi connectivity index (χ4n) is 4.38. The number of carbonyl (C=O) groups is 3. The van der Waals surface area contributed by atoms with E-state index in [-0.39, 0.29) is 18.0 Å². The molecule has 0 aliphatic rings. The van der Waals surface area contributed by atoms with E-state index in [4.69, 9.17) is 21.1 Å². The predicted octanol–water partition coefficient (Wildman–Crippen LogP) is 5.59. The molecular weight excluding hydrogens is 532 g/mol. The van der Waals surface area contributed by atoms with Crippen molar-refractivity contribution in [2.24, 2.45) is 0 Å². The molecule has 1 atom stereocenters. The molecule has 0 bridgehead atoms. The van der Waals surface area contributed by atoms with Crippen molar-refractivity contribution in [3.05, 3.63) is 117 Å². The van der Waals surface area contributed by atoms with Crippen LogP contribution in [-0.2, 0) is 16.0 Å². The smallest absolute Gasteiger partial charge is 0.337 e. The molecule has 0 saturated heterocycles. The summed E-state index contributed by atoms with van der Waals surface area (Å²) >= 11 is 6.22. The molecule has 0 saturated carbocycles. The second-order valence-electron chi connectivity index (χ2n) is 9.01. The van der Waals surface area contributed by atoms with Gasteiger partial charge in [-0.1, -0.05) is 41.9 Å². The molecule has 4 rings (SSSR count). The number of hydrogen-bond donors (Lipinski definition) is 1. The third kappa shape index (κ3) is 6.30. The molecule has 0 fully saturated rings. The largest absolute Gasteiger partial charge is 0.495 e. The van der Waals surface area contributed by atoms with Crippen LogP contribution >= 0.6 is 11.6 Å². The molecular formula is C31H27ClN2O6. The van der Waals surface area contributed by atoms with Gasteiger partial charge in [-0.05, 0) is 60.5 Å². The first-order valence-electron chi connectivity index (χ1n) is 12.4. The van der Waals surface area contributed by atoms with Crippen LogP contribution in [0.5, 0.6) is 5.75 Å². The number of nitrogens with zero attached hydrogens (tertiary/aromatic N) is 1. The molecule has 1 unspecified atom stereocenters. The Labute approximate surface area is 236 Å². The van der Waals surface area contributed by atoms with E-state index in [0.717, 1.165) is 5.56 Å². The number of aromatic nitrogens is 1. The summed E-state index contributed by atoms with van der Waals surface area (Å²) in [5.74, 6) is -0.847. The van der Waals surface area contributed by atoms with Gasteiger partial charge in [-0.15, -0.1) is 0 Å². The Bertz CT molecular complexity index is 1610. The number of amides is 1. The second-order valence-corrected chi connectivity index (χ2v) is 9.45. The highest BCUT2D eigenvalue weighted by atomic mass is 35.5. The van der Waals surface area contributed by atoms with E-state index in [1.807, 2.05) is 30.3 Å². The first-order chi connectivity index (χ1) is 19.2. The minimum absolute atomic E-state index is 0.197. The normalized spacial score (nSPS) is 11.4. The van der Waals surface area contributed by atoms with E-state index in [0.29, 0.717) is 33.0 Å². The van der Waals surface area contributed by atoms with Gasteiger partial charge in [0.25, 0.3) is 5.56 Å². The standard InChI is InChI=1S/C31H27ClN2O6/c1-19(35)24-14-11-22(32)16-25(24)26-17-29(36)34(18-28(26)39-2)27(15-20-7-5-4-6-8-20)30(37)33-23-12-9-21(10-13-23)31(38)40-3/h4-14,16-18,27H,15H2,1-3H3,(H,33,37). The maximum absolute atomic E-state index is 13.6. The lowest BCUT2D eigenvalue weighted by molar-refractivity contribution is -0.119. The number of methoxy groups -OCH3 is 2. The Morgan fingerprint density at radius 3 is 2.25 bits per heavy atom. The van der Waals surface area contributed by atoms with Gasteiger partial charge in [0.15, 0.2) is 5.78 Å². The van der Waals surface area contributed by atoms with Gasteiger partial charge in [0.1, 0.15) is 11.8 Å². The van der Waals surface area contributed by atoms with Crippen molar-refractivity contribution in [3.8, 4) is 16.9 Å². The molecule has 0 radical (unpaired) electrons. The third-order valence-corrected chi connectivity index (χ3v) is 6.63. The molecule has 0 spiro atoms. The fraction of sp³-hybridized carbons (Fsp3) is 0.161. The fourth-order valence-corrected chi connectivity index (χ4v) is 4.55. The number of hydrogen-bond acceptors (Lipinski definition) is 6. The maximum atomic E-state index is 13.6. The second kappa shape index (κ2) is 12.4. The van der Waals surface area contributed by atoms with Crippen molar-refractivity contribution in [1.82, 2.24) is 4.57 Å². The Morgan fingerprint density at radius 2 is 1.62 bits per heavy atom. The molecule has 0 aliphatic carbocycles. The van der Waals surface area contributed by atoms with Gasteiger partial charge in [0.2, 0.25) is 5.91 Å². The molecule has 0 aliphatic heterocycles. The minimum atomic E-state index is -0.954. The van der Waals surface area contributed by atoms with Crippen LogP contribution in [0.25, 0.3) is 11.1 Å². The molecule has 1 heterocycles. The van der Waals surface area contributed by atoms with E-state index >= 15 is 0 Å². The number of carbonyl (C=O) groups excluding carboxylic acids is 3. The first kappa shape index (κ1) is 28.3. The van der Waals surface area contributed by atoms with Crippen molar-refractivity contribution >= 4 is 34.9 Å². The van der Waals surface area contributed by atoms with Gasteiger partial charge in [-0.3, -0.25) is 19.0 Å². The van der Waals surface area contributed by atoms with Gasteiger partial charge in [0.05, 0.1) is 26.0 Å². The third-order valence-electron chi connectivity index (χ3n) is 6.40. The Hall–Kier alpha value is -4.69. The molecule has 40 heavy (non-hydrogen) atoms. The predicted molar refractivity (Wildman–Crippen MR) is 153 cm³/mol. The topological polar surface area (TPSA) is 104 Å². The molecule has 8 nitrogen and oxygen atoms in total. The summed E-state index contributed by atoms with van der Waals surface area (Å²) in [4.78, 5) is 51.2. The number of ether oxygens (including phenoxy) is 2. The molecule has 3 aromatic carbocycles. The zero-order valence-corrected chi connectivity index (χ0v) is 22.9. The molecule has 1 aromatic heterocycles. The van der Waals surface area contributed by atoms with Crippen LogP contribution in [0.1, 0.15) is 39.2 Å². The van der Waals surface area contributed by atoms with E-state index in [1.54, 1.807) is 30.3 Å². The van der Waals surface area contributed by atoms with Gasteiger partial charge >= 0.3 is 5.97 Å². The molecule has 1 N–H and O–H groups in total. The lowest BCUT2D eigenvalue weighted by Crippen LogP contribution is -2.34.